The number of nitrogens with zero attached hydrogens (tertiary/aromatic N) is 3. The summed E-state index contributed by atoms with van der Waals surface area (Å²) in [7, 11) is 0. The summed E-state index contributed by atoms with van der Waals surface area (Å²) < 4.78 is 0. The van der Waals surface area contributed by atoms with Gasteiger partial charge < -0.3 is 15.5 Å². The van der Waals surface area contributed by atoms with Crippen LogP contribution in [0.5, 0.6) is 0 Å². The molecule has 190 valence electrons. The molecule has 1 saturated carbocycles. The third-order valence-corrected chi connectivity index (χ3v) is 7.98. The van der Waals surface area contributed by atoms with Crippen LogP contribution in [0.15, 0.2) is 66.9 Å². The average Bonchev–Trinajstić information content (AvgIpc) is 3.67. The highest BCUT2D eigenvalue weighted by atomic mass is 32.1. The maximum Gasteiger partial charge on any atom is 0.261 e. The molecule has 1 fully saturated rings. The van der Waals surface area contributed by atoms with E-state index in [9.17, 15) is 14.4 Å². The number of aryl methyl sites for hydroxylation is 1. The summed E-state index contributed by atoms with van der Waals surface area (Å²) in [5, 5.41) is 13.6. The zero-order valence-corrected chi connectivity index (χ0v) is 21.5. The fraction of sp³-hybridized carbons (Fsp3) is 0.207. The van der Waals surface area contributed by atoms with Crippen molar-refractivity contribution in [3.63, 3.8) is 0 Å². The number of thiophene rings is 1. The molecule has 1 aliphatic carbocycles. The van der Waals surface area contributed by atoms with Gasteiger partial charge in [0.05, 0.1) is 28.0 Å². The van der Waals surface area contributed by atoms with Crippen LogP contribution in [0.4, 0.5) is 11.4 Å². The molecule has 0 unspecified atom stereocenters. The van der Waals surface area contributed by atoms with Gasteiger partial charge >= 0.3 is 0 Å². The molecule has 3 amide bonds. The van der Waals surface area contributed by atoms with E-state index in [2.05, 4.69) is 20.8 Å². The number of aromatic nitrogens is 2. The first kappa shape index (κ1) is 24.0. The highest BCUT2D eigenvalue weighted by molar-refractivity contribution is 7.17. The summed E-state index contributed by atoms with van der Waals surface area (Å²) in [6.07, 6.45) is 4.22. The van der Waals surface area contributed by atoms with Crippen LogP contribution in [0.25, 0.3) is 10.4 Å². The number of anilines is 2. The molecule has 0 spiro atoms. The molecule has 38 heavy (non-hydrogen) atoms. The summed E-state index contributed by atoms with van der Waals surface area (Å²) in [6, 6.07) is 18.6. The van der Waals surface area contributed by atoms with Gasteiger partial charge in [-0.25, -0.2) is 0 Å². The molecule has 0 atom stereocenters. The number of amides is 3. The standard InChI is InChI=1S/C29H25N5O3S/c1-17-22(12-14-30-33-17)27(35)31-20-8-6-18(7-9-20)29(37)34-15-13-19-16-25(28(36)32-21-10-11-21)38-26(19)23-4-2-3-5-24(23)34/h2-9,12,14,16,21H,10-11,13,15H2,1H3,(H,31,35)(H,32,36). The van der Waals surface area contributed by atoms with E-state index in [1.165, 1.54) is 17.5 Å². The van der Waals surface area contributed by atoms with Crippen molar-refractivity contribution < 1.29 is 14.4 Å². The Balaban J connectivity index is 1.23. The zero-order chi connectivity index (χ0) is 26.2. The molecule has 2 aliphatic rings. The molecule has 0 saturated heterocycles. The van der Waals surface area contributed by atoms with E-state index in [-0.39, 0.29) is 17.7 Å². The SMILES string of the molecule is Cc1nnccc1C(=O)Nc1ccc(C(=O)N2CCc3cc(C(=O)NC4CC4)sc3-c3ccccc32)cc1. The molecule has 1 aliphatic heterocycles. The molecule has 0 bridgehead atoms. The number of para-hydroxylation sites is 1. The number of hydrogen-bond acceptors (Lipinski definition) is 6. The Kier molecular flexibility index (Phi) is 6.21. The summed E-state index contributed by atoms with van der Waals surface area (Å²) in [5.41, 5.74) is 4.95. The third-order valence-electron chi connectivity index (χ3n) is 6.77. The van der Waals surface area contributed by atoms with Gasteiger partial charge in [0.2, 0.25) is 0 Å². The Morgan fingerprint density at radius 1 is 1.00 bits per heavy atom. The van der Waals surface area contributed by atoms with Gasteiger partial charge in [-0.3, -0.25) is 14.4 Å². The third kappa shape index (κ3) is 4.68. The van der Waals surface area contributed by atoms with Crippen LogP contribution in [0.1, 0.15) is 54.5 Å². The number of carbonyl (C=O) groups excluding carboxylic acids is 3. The topological polar surface area (TPSA) is 104 Å². The van der Waals surface area contributed by atoms with Gasteiger partial charge in [-0.2, -0.15) is 10.2 Å². The number of rotatable bonds is 5. The fourth-order valence-electron chi connectivity index (χ4n) is 4.60. The van der Waals surface area contributed by atoms with E-state index in [0.29, 0.717) is 46.4 Å². The molecular weight excluding hydrogens is 498 g/mol. The van der Waals surface area contributed by atoms with Crippen molar-refractivity contribution in [2.24, 2.45) is 0 Å². The second-order valence-electron chi connectivity index (χ2n) is 9.50. The molecule has 2 aromatic carbocycles. The lowest BCUT2D eigenvalue weighted by atomic mass is 10.1. The minimum absolute atomic E-state index is 0.0153. The molecule has 2 aromatic heterocycles. The minimum atomic E-state index is -0.283. The number of benzene rings is 2. The van der Waals surface area contributed by atoms with Crippen LogP contribution >= 0.6 is 11.3 Å². The molecule has 4 aromatic rings. The van der Waals surface area contributed by atoms with E-state index in [1.54, 1.807) is 42.2 Å². The number of hydrogen-bond donors (Lipinski definition) is 2. The Labute approximate surface area is 223 Å². The van der Waals surface area contributed by atoms with Crippen molar-refractivity contribution in [3.05, 3.63) is 94.1 Å². The predicted octanol–water partition coefficient (Wildman–Crippen LogP) is 4.86. The van der Waals surface area contributed by atoms with Crippen LogP contribution in [-0.2, 0) is 6.42 Å². The molecular formula is C29H25N5O3S. The lowest BCUT2D eigenvalue weighted by molar-refractivity contribution is 0.0952. The van der Waals surface area contributed by atoms with Gasteiger partial charge in [0.25, 0.3) is 17.7 Å². The number of fused-ring (bicyclic) bond motifs is 3. The molecule has 3 heterocycles. The maximum absolute atomic E-state index is 13.7. The minimum Gasteiger partial charge on any atom is -0.349 e. The normalized spacial score (nSPS) is 14.2. The molecule has 9 heteroatoms. The first-order valence-electron chi connectivity index (χ1n) is 12.5. The molecule has 0 radical (unpaired) electrons. The van der Waals surface area contributed by atoms with Crippen LogP contribution in [0.3, 0.4) is 0 Å². The van der Waals surface area contributed by atoms with Crippen molar-refractivity contribution in [2.75, 3.05) is 16.8 Å². The van der Waals surface area contributed by atoms with E-state index < -0.39 is 0 Å². The highest BCUT2D eigenvalue weighted by Gasteiger charge is 2.29. The van der Waals surface area contributed by atoms with Gasteiger partial charge in [-0.1, -0.05) is 18.2 Å². The fourth-order valence-corrected chi connectivity index (χ4v) is 5.74. The van der Waals surface area contributed by atoms with Gasteiger partial charge in [-0.15, -0.1) is 11.3 Å². The van der Waals surface area contributed by atoms with Crippen molar-refractivity contribution in [1.82, 2.24) is 15.5 Å². The first-order chi connectivity index (χ1) is 18.5. The van der Waals surface area contributed by atoms with Gasteiger partial charge in [-0.05, 0) is 74.2 Å². The summed E-state index contributed by atoms with van der Waals surface area (Å²) in [6.45, 7) is 2.22. The van der Waals surface area contributed by atoms with Crippen LogP contribution in [0, 0.1) is 6.92 Å². The number of carbonyl (C=O) groups is 3. The van der Waals surface area contributed by atoms with Gasteiger partial charge in [0, 0.05) is 34.3 Å². The predicted molar refractivity (Wildman–Crippen MR) is 147 cm³/mol. The quantitative estimate of drug-likeness (QED) is 0.389. The molecule has 6 rings (SSSR count). The van der Waals surface area contributed by atoms with E-state index in [4.69, 9.17) is 0 Å². The lowest BCUT2D eigenvalue weighted by Crippen LogP contribution is -2.32. The Hall–Kier alpha value is -4.37. The second kappa shape index (κ2) is 9.83. The largest absolute Gasteiger partial charge is 0.349 e. The smallest absolute Gasteiger partial charge is 0.261 e. The monoisotopic (exact) mass is 523 g/mol. The van der Waals surface area contributed by atoms with Crippen LogP contribution in [-0.4, -0.2) is 40.5 Å². The average molecular weight is 524 g/mol. The Morgan fingerprint density at radius 2 is 1.79 bits per heavy atom. The second-order valence-corrected chi connectivity index (χ2v) is 10.6. The van der Waals surface area contributed by atoms with E-state index in [0.717, 1.165) is 34.5 Å². The van der Waals surface area contributed by atoms with Crippen molar-refractivity contribution in [2.45, 2.75) is 32.2 Å². The van der Waals surface area contributed by atoms with Gasteiger partial charge in [0.15, 0.2) is 0 Å². The summed E-state index contributed by atoms with van der Waals surface area (Å²) >= 11 is 1.49. The van der Waals surface area contributed by atoms with Crippen molar-refractivity contribution in [3.8, 4) is 10.4 Å². The van der Waals surface area contributed by atoms with Crippen LogP contribution < -0.4 is 15.5 Å². The highest BCUT2D eigenvalue weighted by Crippen LogP contribution is 2.42. The first-order valence-corrected chi connectivity index (χ1v) is 13.3. The van der Waals surface area contributed by atoms with E-state index in [1.807, 2.05) is 30.3 Å². The zero-order valence-electron chi connectivity index (χ0n) is 20.7. The van der Waals surface area contributed by atoms with Crippen molar-refractivity contribution >= 4 is 40.4 Å². The Morgan fingerprint density at radius 3 is 2.55 bits per heavy atom. The van der Waals surface area contributed by atoms with Crippen LogP contribution in [0.2, 0.25) is 0 Å². The Bertz CT molecular complexity index is 1560. The molecule has 8 nitrogen and oxygen atoms in total. The molecule has 2 N–H and O–H groups in total. The van der Waals surface area contributed by atoms with E-state index >= 15 is 0 Å². The lowest BCUT2D eigenvalue weighted by Gasteiger charge is -2.23. The summed E-state index contributed by atoms with van der Waals surface area (Å²) in [5.74, 6) is -0.417. The van der Waals surface area contributed by atoms with Gasteiger partial charge in [0.1, 0.15) is 0 Å². The number of nitrogens with one attached hydrogen (secondary N) is 2. The maximum atomic E-state index is 13.7. The summed E-state index contributed by atoms with van der Waals surface area (Å²) in [4.78, 5) is 42.5. The van der Waals surface area contributed by atoms with Crippen molar-refractivity contribution in [1.29, 1.82) is 0 Å².